The van der Waals surface area contributed by atoms with Gasteiger partial charge in [-0.15, -0.1) is 0 Å². The highest BCUT2D eigenvalue weighted by Gasteiger charge is 2.34. The van der Waals surface area contributed by atoms with E-state index in [1.807, 2.05) is 0 Å². The number of nitrogens with zero attached hydrogens (tertiary/aromatic N) is 3. The third-order valence-electron chi connectivity index (χ3n) is 7.99. The molecule has 0 spiro atoms. The highest BCUT2D eigenvalue weighted by Crippen LogP contribution is 2.35. The van der Waals surface area contributed by atoms with Gasteiger partial charge in [-0.2, -0.15) is 18.2 Å². The maximum atomic E-state index is 13.5. The number of carbonyl (C=O) groups excluding carboxylic acids is 2. The summed E-state index contributed by atoms with van der Waals surface area (Å²) >= 11 is 0. The van der Waals surface area contributed by atoms with E-state index in [2.05, 4.69) is 15.5 Å². The zero-order valence-corrected chi connectivity index (χ0v) is 25.5. The lowest BCUT2D eigenvalue weighted by Gasteiger charge is -2.21. The van der Waals surface area contributed by atoms with Crippen molar-refractivity contribution in [3.05, 3.63) is 94.8 Å². The average molecular weight is 651 g/mol. The molecule has 0 unspecified atom stereocenters. The second kappa shape index (κ2) is 14.5. The minimum atomic E-state index is -4.68. The number of carboxylic acids is 1. The molecule has 0 saturated heterocycles. The van der Waals surface area contributed by atoms with Gasteiger partial charge in [0.05, 0.1) is 19.1 Å². The number of carboxylic acid groups (broad SMARTS) is 1. The van der Waals surface area contributed by atoms with Crippen LogP contribution in [-0.2, 0) is 28.7 Å². The van der Waals surface area contributed by atoms with Crippen LogP contribution in [0.15, 0.2) is 71.3 Å². The maximum Gasteiger partial charge on any atom is 0.416 e. The van der Waals surface area contributed by atoms with E-state index >= 15 is 0 Å². The number of benzene rings is 3. The molecule has 1 aliphatic rings. The molecule has 246 valence electrons. The number of methoxy groups -OCH3 is 1. The number of halogens is 3. The number of hydrogen-bond acceptors (Lipinski definition) is 7. The predicted molar refractivity (Wildman–Crippen MR) is 165 cm³/mol. The number of aliphatic carboxylic acids is 1. The number of anilines is 1. The molecule has 47 heavy (non-hydrogen) atoms. The molecule has 0 radical (unpaired) electrons. The van der Waals surface area contributed by atoms with Gasteiger partial charge in [0, 0.05) is 29.3 Å². The fraction of sp³-hybridized carbons (Fsp3) is 0.324. The Hall–Kier alpha value is -5.20. The third-order valence-corrected chi connectivity index (χ3v) is 7.99. The van der Waals surface area contributed by atoms with Crippen molar-refractivity contribution in [2.75, 3.05) is 19.0 Å². The first-order valence-corrected chi connectivity index (χ1v) is 15.1. The van der Waals surface area contributed by atoms with Gasteiger partial charge in [0.1, 0.15) is 12.3 Å². The van der Waals surface area contributed by atoms with Crippen LogP contribution in [0.4, 0.5) is 18.9 Å². The molecule has 1 saturated carbocycles. The molecule has 5 rings (SSSR count). The fourth-order valence-corrected chi connectivity index (χ4v) is 5.57. The second-order valence-electron chi connectivity index (χ2n) is 11.4. The summed E-state index contributed by atoms with van der Waals surface area (Å²) in [6.45, 7) is -0.554. The molecule has 1 heterocycles. The maximum absolute atomic E-state index is 13.5. The molecule has 1 aromatic heterocycles. The molecule has 2 N–H and O–H groups in total. The van der Waals surface area contributed by atoms with Crippen molar-refractivity contribution in [3.8, 4) is 17.2 Å². The summed E-state index contributed by atoms with van der Waals surface area (Å²) in [5.74, 6) is -1.03. The van der Waals surface area contributed by atoms with Crippen LogP contribution in [0.2, 0.25) is 0 Å². The highest BCUT2D eigenvalue weighted by molar-refractivity contribution is 5.97. The number of ether oxygens (including phenoxy) is 1. The Morgan fingerprint density at radius 1 is 1.00 bits per heavy atom. The van der Waals surface area contributed by atoms with Crippen molar-refractivity contribution in [1.29, 1.82) is 0 Å². The van der Waals surface area contributed by atoms with Crippen LogP contribution in [0, 0.1) is 0 Å². The molecule has 1 fully saturated rings. The summed E-state index contributed by atoms with van der Waals surface area (Å²) in [5, 5.41) is 16.2. The van der Waals surface area contributed by atoms with Gasteiger partial charge in [-0.1, -0.05) is 42.6 Å². The molecule has 0 atom stereocenters. The Morgan fingerprint density at radius 2 is 1.70 bits per heavy atom. The largest absolute Gasteiger partial charge is 0.497 e. The van der Waals surface area contributed by atoms with Crippen LogP contribution in [0.1, 0.15) is 70.9 Å². The van der Waals surface area contributed by atoms with Crippen LogP contribution in [0.25, 0.3) is 11.5 Å². The topological polar surface area (TPSA) is 135 Å². The summed E-state index contributed by atoms with van der Waals surface area (Å²) in [4.78, 5) is 43.2. The van der Waals surface area contributed by atoms with Gasteiger partial charge in [0.15, 0.2) is 5.82 Å². The number of hydrogen-bond donors (Lipinski definition) is 2. The van der Waals surface area contributed by atoms with Gasteiger partial charge in [0.25, 0.3) is 11.8 Å². The van der Waals surface area contributed by atoms with E-state index in [1.165, 1.54) is 54.8 Å². The molecule has 0 aliphatic heterocycles. The number of alkyl halides is 3. The second-order valence-corrected chi connectivity index (χ2v) is 11.4. The van der Waals surface area contributed by atoms with Gasteiger partial charge >= 0.3 is 12.1 Å². The lowest BCUT2D eigenvalue weighted by Crippen LogP contribution is -2.35. The monoisotopic (exact) mass is 650 g/mol. The van der Waals surface area contributed by atoms with Crippen molar-refractivity contribution in [2.45, 2.75) is 57.2 Å². The minimum absolute atomic E-state index is 0.00442. The van der Waals surface area contributed by atoms with Crippen LogP contribution in [-0.4, -0.2) is 51.6 Å². The van der Waals surface area contributed by atoms with E-state index in [1.54, 1.807) is 24.3 Å². The number of aromatic nitrogens is 2. The van der Waals surface area contributed by atoms with Crippen molar-refractivity contribution >= 4 is 23.5 Å². The van der Waals surface area contributed by atoms with Crippen molar-refractivity contribution in [1.82, 2.24) is 15.0 Å². The average Bonchev–Trinajstić information content (AvgIpc) is 3.55. The summed E-state index contributed by atoms with van der Waals surface area (Å²) in [5.41, 5.74) is 0.605. The van der Waals surface area contributed by atoms with E-state index in [4.69, 9.17) is 9.26 Å². The first kappa shape index (κ1) is 33.2. The molecule has 2 amide bonds. The van der Waals surface area contributed by atoms with Crippen LogP contribution < -0.4 is 10.1 Å². The SMILES string of the molecule is COc1ccc(CC(=O)Nc2ccc(C(=O)N(CC(=O)O)Cc3ccc(-c4nc(C5CCCCC5)no4)cc3)cc2)c(C(F)(F)F)c1. The zero-order valence-electron chi connectivity index (χ0n) is 25.5. The summed E-state index contributed by atoms with van der Waals surface area (Å²) in [6.07, 6.45) is 0.378. The van der Waals surface area contributed by atoms with Gasteiger partial charge in [-0.3, -0.25) is 14.4 Å². The summed E-state index contributed by atoms with van der Waals surface area (Å²) < 4.78 is 50.9. The summed E-state index contributed by atoms with van der Waals surface area (Å²) in [7, 11) is 1.25. The predicted octanol–water partition coefficient (Wildman–Crippen LogP) is 6.72. The van der Waals surface area contributed by atoms with E-state index < -0.39 is 42.5 Å². The van der Waals surface area contributed by atoms with Gasteiger partial charge in [0.2, 0.25) is 5.91 Å². The normalized spacial score (nSPS) is 13.6. The van der Waals surface area contributed by atoms with Gasteiger partial charge < -0.3 is 24.6 Å². The highest BCUT2D eigenvalue weighted by atomic mass is 19.4. The van der Waals surface area contributed by atoms with E-state index in [-0.39, 0.29) is 29.1 Å². The fourth-order valence-electron chi connectivity index (χ4n) is 5.57. The van der Waals surface area contributed by atoms with E-state index in [0.717, 1.165) is 31.7 Å². The first-order chi connectivity index (χ1) is 22.5. The molecule has 1 aliphatic carbocycles. The Morgan fingerprint density at radius 3 is 2.34 bits per heavy atom. The lowest BCUT2D eigenvalue weighted by atomic mass is 9.89. The van der Waals surface area contributed by atoms with Crippen LogP contribution >= 0.6 is 0 Å². The number of rotatable bonds is 11. The number of carbonyl (C=O) groups is 3. The van der Waals surface area contributed by atoms with Crippen molar-refractivity contribution in [3.63, 3.8) is 0 Å². The smallest absolute Gasteiger partial charge is 0.416 e. The van der Waals surface area contributed by atoms with Crippen molar-refractivity contribution in [2.24, 2.45) is 0 Å². The Kier molecular flexibility index (Phi) is 10.2. The number of nitrogens with one attached hydrogen (secondary N) is 1. The van der Waals surface area contributed by atoms with E-state index in [0.29, 0.717) is 28.8 Å². The standard InChI is InChI=1S/C34H33F3N4O6/c1-46-27-16-13-25(28(18-27)34(35,36)37)17-29(42)38-26-14-11-24(12-15-26)33(45)41(20-30(43)44)19-21-7-9-23(10-8-21)32-39-31(40-47-32)22-5-3-2-4-6-22/h7-16,18,22H,2-6,17,19-20H2,1H3,(H,38,42)(H,43,44). The molecular weight excluding hydrogens is 617 g/mol. The molecule has 0 bridgehead atoms. The Labute approximate surface area is 268 Å². The van der Waals surface area contributed by atoms with Gasteiger partial charge in [-0.05, 0) is 72.5 Å². The first-order valence-electron chi connectivity index (χ1n) is 15.1. The Bertz CT molecular complexity index is 1720. The molecule has 3 aromatic carbocycles. The quantitative estimate of drug-likeness (QED) is 0.183. The lowest BCUT2D eigenvalue weighted by molar-refractivity contribution is -0.139. The van der Waals surface area contributed by atoms with E-state index in [9.17, 15) is 32.7 Å². The third kappa shape index (κ3) is 8.54. The Balaban J connectivity index is 1.22. The molecule has 10 nitrogen and oxygen atoms in total. The zero-order chi connectivity index (χ0) is 33.6. The summed E-state index contributed by atoms with van der Waals surface area (Å²) in [6, 6.07) is 16.1. The molecule has 4 aromatic rings. The van der Waals surface area contributed by atoms with Crippen LogP contribution in [0.3, 0.4) is 0 Å². The van der Waals surface area contributed by atoms with Gasteiger partial charge in [-0.25, -0.2) is 0 Å². The minimum Gasteiger partial charge on any atom is -0.497 e. The van der Waals surface area contributed by atoms with Crippen LogP contribution in [0.5, 0.6) is 5.75 Å². The molecule has 13 heteroatoms. The number of amides is 2. The molecular formula is C34H33F3N4O6. The van der Waals surface area contributed by atoms with Crippen molar-refractivity contribution < 1.29 is 41.9 Å².